The number of phosphoric acid groups is 2. The lowest BCUT2D eigenvalue weighted by molar-refractivity contribution is -0.161. The van der Waals surface area contributed by atoms with Gasteiger partial charge >= 0.3 is 39.5 Å². The van der Waals surface area contributed by atoms with E-state index in [0.717, 1.165) is 135 Å². The normalized spacial score (nSPS) is 14.7. The molecule has 0 radical (unpaired) electrons. The number of hydrogen-bond acceptors (Lipinski definition) is 15. The molecule has 100 heavy (non-hydrogen) atoms. The highest BCUT2D eigenvalue weighted by Gasteiger charge is 2.30. The van der Waals surface area contributed by atoms with Crippen LogP contribution in [0, 0.1) is 0 Å². The number of allylic oxidation sites excluding steroid dienone is 22. The van der Waals surface area contributed by atoms with Crippen LogP contribution in [0.5, 0.6) is 0 Å². The predicted octanol–water partition coefficient (Wildman–Crippen LogP) is 22.1. The SMILES string of the molecule is CC/C=C\C/C=C\C/C=C\C/C=C\C/C=C\C/C=C\CCC(=O)OCC(COP(=O)(O)OCC(O)COP(=O)(O)OCC(COC(=O)CCCC/C=C\C/C=C\C/C=C\C/C=C\CC)OC(=O)CCCCCCC/C=C\CCCCCC)OC(=O)CCCCCCCCCCCCCCC. The molecule has 0 aliphatic rings. The molecule has 0 heterocycles. The van der Waals surface area contributed by atoms with E-state index in [2.05, 4.69) is 143 Å². The second kappa shape index (κ2) is 72.5. The average molecular weight is 1440 g/mol. The second-order valence-electron chi connectivity index (χ2n) is 25.2. The van der Waals surface area contributed by atoms with Gasteiger partial charge in [0.25, 0.3) is 0 Å². The molecule has 0 saturated carbocycles. The Balaban J connectivity index is 5.43. The standard InChI is InChI=1S/C81H136O17P2/c1-5-9-13-17-21-25-29-33-35-36-37-38-40-44-46-50-54-58-62-66-79(84)92-72-77(98-81(86)68-64-60-56-52-48-42-32-28-24-20-16-12-8-4)74-96-100(89,90)94-70-75(82)69-93-99(87,88)95-73-76(97-80(85)67-63-59-55-51-47-41-31-27-23-19-15-11-7-3)71-91-78(83)65-61-57-53-49-45-43-39-34-30-26-22-18-14-10-6-2/h9-10,13-14,21-22,25-27,31,33-35,37-39,44-46,49,54,58,75-77,82H,5-8,11-12,15-20,23-24,28-30,32,36,40-43,47-48,50-53,55-57,59-74H2,1-4H3,(H,87,88)(H,89,90)/b13-9-,14-10-,25-21-,26-22-,31-27-,35-33-,38-37-,39-34-,46-44-,49-45-,58-54-. The molecule has 0 aliphatic heterocycles. The first-order valence-electron chi connectivity index (χ1n) is 38.4. The van der Waals surface area contributed by atoms with Gasteiger partial charge in [-0.1, -0.05) is 277 Å². The zero-order chi connectivity index (χ0) is 73.2. The lowest BCUT2D eigenvalue weighted by atomic mass is 10.0. The van der Waals surface area contributed by atoms with Crippen molar-refractivity contribution in [3.8, 4) is 0 Å². The molecule has 0 bridgehead atoms. The molecular formula is C81H136O17P2. The van der Waals surface area contributed by atoms with Gasteiger partial charge in [0, 0.05) is 25.7 Å². The molecule has 17 nitrogen and oxygen atoms in total. The van der Waals surface area contributed by atoms with Crippen LogP contribution >= 0.6 is 15.6 Å². The molecule has 0 saturated heterocycles. The van der Waals surface area contributed by atoms with Crippen LogP contribution in [-0.4, -0.2) is 96.7 Å². The van der Waals surface area contributed by atoms with Crippen molar-refractivity contribution in [2.24, 2.45) is 0 Å². The fourth-order valence-corrected chi connectivity index (χ4v) is 11.4. The Kier molecular flexibility index (Phi) is 69.1. The molecule has 19 heteroatoms. The lowest BCUT2D eigenvalue weighted by Crippen LogP contribution is -2.30. The van der Waals surface area contributed by atoms with E-state index < -0.39 is 97.5 Å². The number of aliphatic hydroxyl groups excluding tert-OH is 1. The Morgan fingerprint density at radius 2 is 0.540 bits per heavy atom. The summed E-state index contributed by atoms with van der Waals surface area (Å²) in [7, 11) is -9.98. The van der Waals surface area contributed by atoms with Crippen molar-refractivity contribution in [2.75, 3.05) is 39.6 Å². The van der Waals surface area contributed by atoms with Crippen LogP contribution < -0.4 is 0 Å². The van der Waals surface area contributed by atoms with E-state index in [1.54, 1.807) is 0 Å². The lowest BCUT2D eigenvalue weighted by Gasteiger charge is -2.21. The van der Waals surface area contributed by atoms with E-state index >= 15 is 0 Å². The van der Waals surface area contributed by atoms with E-state index in [4.69, 9.17) is 37.0 Å². The van der Waals surface area contributed by atoms with Gasteiger partial charge in [0.15, 0.2) is 12.2 Å². The van der Waals surface area contributed by atoms with Crippen LogP contribution in [0.1, 0.15) is 297 Å². The Bertz CT molecular complexity index is 2420. The minimum Gasteiger partial charge on any atom is -0.462 e. The smallest absolute Gasteiger partial charge is 0.462 e. The number of aliphatic hydroxyl groups is 1. The molecule has 0 spiro atoms. The van der Waals surface area contributed by atoms with Gasteiger partial charge in [-0.3, -0.25) is 37.3 Å². The van der Waals surface area contributed by atoms with Crippen molar-refractivity contribution < 1.29 is 80.2 Å². The molecule has 0 aromatic rings. The van der Waals surface area contributed by atoms with Gasteiger partial charge < -0.3 is 33.8 Å². The number of carbonyl (C=O) groups is 4. The molecule has 5 unspecified atom stereocenters. The number of hydrogen-bond donors (Lipinski definition) is 3. The summed E-state index contributed by atoms with van der Waals surface area (Å²) in [4.78, 5) is 72.8. The van der Waals surface area contributed by atoms with Crippen molar-refractivity contribution in [1.29, 1.82) is 0 Å². The quantitative estimate of drug-likeness (QED) is 0.0169. The fraction of sp³-hybridized carbons (Fsp3) is 0.679. The minimum absolute atomic E-state index is 0.0344. The number of rotatable bonds is 71. The number of esters is 4. The van der Waals surface area contributed by atoms with Crippen LogP contribution in [0.4, 0.5) is 0 Å². The van der Waals surface area contributed by atoms with Gasteiger partial charge in [0.1, 0.15) is 19.3 Å². The monoisotopic (exact) mass is 1440 g/mol. The minimum atomic E-state index is -4.99. The summed E-state index contributed by atoms with van der Waals surface area (Å²) in [6.07, 6.45) is 80.3. The molecule has 0 amide bonds. The molecule has 0 aliphatic carbocycles. The van der Waals surface area contributed by atoms with E-state index in [0.29, 0.717) is 32.1 Å². The van der Waals surface area contributed by atoms with Crippen molar-refractivity contribution in [1.82, 2.24) is 0 Å². The summed E-state index contributed by atoms with van der Waals surface area (Å²) in [5, 5.41) is 10.6. The van der Waals surface area contributed by atoms with Crippen molar-refractivity contribution >= 4 is 39.5 Å². The topological polar surface area (TPSA) is 237 Å². The zero-order valence-corrected chi connectivity index (χ0v) is 64.1. The van der Waals surface area contributed by atoms with E-state index in [-0.39, 0.29) is 25.7 Å². The second-order valence-corrected chi connectivity index (χ2v) is 28.1. The summed E-state index contributed by atoms with van der Waals surface area (Å²) < 4.78 is 68.3. The molecule has 5 atom stereocenters. The number of carbonyl (C=O) groups excluding carboxylic acids is 4. The van der Waals surface area contributed by atoms with Crippen molar-refractivity contribution in [3.05, 3.63) is 134 Å². The zero-order valence-electron chi connectivity index (χ0n) is 62.3. The van der Waals surface area contributed by atoms with Gasteiger partial charge in [0.05, 0.1) is 26.4 Å². The van der Waals surface area contributed by atoms with E-state index in [1.165, 1.54) is 77.0 Å². The Hall–Kier alpha value is -4.80. The van der Waals surface area contributed by atoms with Crippen LogP contribution in [0.2, 0.25) is 0 Å². The van der Waals surface area contributed by atoms with Crippen molar-refractivity contribution in [3.63, 3.8) is 0 Å². The Morgan fingerprint density at radius 3 is 0.900 bits per heavy atom. The summed E-state index contributed by atoms with van der Waals surface area (Å²) in [5.74, 6) is -2.33. The van der Waals surface area contributed by atoms with Crippen LogP contribution in [0.3, 0.4) is 0 Å². The first-order valence-corrected chi connectivity index (χ1v) is 41.4. The first kappa shape index (κ1) is 95.2. The molecule has 0 aromatic carbocycles. The molecule has 3 N–H and O–H groups in total. The van der Waals surface area contributed by atoms with Gasteiger partial charge in [-0.25, -0.2) is 9.13 Å². The highest BCUT2D eigenvalue weighted by Crippen LogP contribution is 2.45. The number of ether oxygens (including phenoxy) is 4. The van der Waals surface area contributed by atoms with Gasteiger partial charge in [-0.05, 0) is 128 Å². The summed E-state index contributed by atoms with van der Waals surface area (Å²) >= 11 is 0. The number of unbranched alkanes of at least 4 members (excludes halogenated alkanes) is 23. The Morgan fingerprint density at radius 1 is 0.290 bits per heavy atom. The fourth-order valence-electron chi connectivity index (χ4n) is 9.82. The third-order valence-corrected chi connectivity index (χ3v) is 17.5. The molecule has 0 aromatic heterocycles. The Labute approximate surface area is 605 Å². The largest absolute Gasteiger partial charge is 0.472 e. The van der Waals surface area contributed by atoms with Crippen molar-refractivity contribution in [2.45, 2.75) is 316 Å². The van der Waals surface area contributed by atoms with Crippen LogP contribution in [0.25, 0.3) is 0 Å². The third kappa shape index (κ3) is 71.6. The maximum Gasteiger partial charge on any atom is 0.472 e. The molecule has 572 valence electrons. The average Bonchev–Trinajstić information content (AvgIpc) is 0.935. The highest BCUT2D eigenvalue weighted by molar-refractivity contribution is 7.47. The first-order chi connectivity index (χ1) is 48.7. The summed E-state index contributed by atoms with van der Waals surface area (Å²) in [5.41, 5.74) is 0. The molecular weight excluding hydrogens is 1310 g/mol. The summed E-state index contributed by atoms with van der Waals surface area (Å²) in [6, 6.07) is 0. The van der Waals surface area contributed by atoms with Gasteiger partial charge in [0.2, 0.25) is 0 Å². The van der Waals surface area contributed by atoms with E-state index in [1.807, 2.05) is 18.2 Å². The van der Waals surface area contributed by atoms with Crippen LogP contribution in [-0.2, 0) is 65.4 Å². The third-order valence-electron chi connectivity index (χ3n) is 15.6. The molecule has 0 rings (SSSR count). The maximum atomic E-state index is 13.1. The maximum absolute atomic E-state index is 13.1. The number of phosphoric ester groups is 2. The van der Waals surface area contributed by atoms with Crippen LogP contribution in [0.15, 0.2) is 134 Å². The highest BCUT2D eigenvalue weighted by atomic mass is 31.2. The van der Waals surface area contributed by atoms with E-state index in [9.17, 15) is 43.2 Å². The molecule has 0 fully saturated rings. The summed E-state index contributed by atoms with van der Waals surface area (Å²) in [6.45, 7) is 4.49. The van der Waals surface area contributed by atoms with Gasteiger partial charge in [-0.2, -0.15) is 0 Å². The predicted molar refractivity (Wildman–Crippen MR) is 408 cm³/mol. The van der Waals surface area contributed by atoms with Gasteiger partial charge in [-0.15, -0.1) is 0 Å².